The molecule has 0 unspecified atom stereocenters. The van der Waals surface area contributed by atoms with Crippen molar-refractivity contribution >= 4 is 12.4 Å². The monoisotopic (exact) mass is 229 g/mol. The Morgan fingerprint density at radius 3 is 2.75 bits per heavy atom. The Morgan fingerprint density at radius 1 is 1.44 bits per heavy atom. The molecule has 0 rings (SSSR count). The molecule has 0 fully saturated rings. The molecule has 0 N–H and O–H groups in total. The number of hydrogen-bond donors (Lipinski definition) is 0. The zero-order valence-electron chi connectivity index (χ0n) is 9.85. The fourth-order valence-electron chi connectivity index (χ4n) is 1.12. The average Bonchev–Trinajstić information content (AvgIpc) is 2.27. The van der Waals surface area contributed by atoms with E-state index in [1.807, 2.05) is 6.08 Å². The van der Waals surface area contributed by atoms with E-state index in [0.29, 0.717) is 19.6 Å². The smallest absolute Gasteiger partial charge is 0.325 e. The Hall–Kier alpha value is -1.52. The molecule has 0 aromatic carbocycles. The van der Waals surface area contributed by atoms with Crippen molar-refractivity contribution in [1.29, 1.82) is 0 Å². The van der Waals surface area contributed by atoms with Crippen LogP contribution >= 0.6 is 0 Å². The van der Waals surface area contributed by atoms with E-state index in [0.717, 1.165) is 12.8 Å². The van der Waals surface area contributed by atoms with Gasteiger partial charge in [-0.15, -0.1) is 0 Å². The van der Waals surface area contributed by atoms with Crippen LogP contribution in [0.5, 0.6) is 0 Å². The molecule has 92 valence electrons. The van der Waals surface area contributed by atoms with Crippen LogP contribution in [-0.4, -0.2) is 44.1 Å². The molecule has 0 aromatic heterocycles. The van der Waals surface area contributed by atoms with E-state index in [1.54, 1.807) is 20.3 Å². The summed E-state index contributed by atoms with van der Waals surface area (Å²) in [7, 11) is 1.58. The first-order valence-electron chi connectivity index (χ1n) is 5.27. The zero-order chi connectivity index (χ0) is 12.2. The summed E-state index contributed by atoms with van der Waals surface area (Å²) in [6.45, 7) is 2.63. The highest BCUT2D eigenvalue weighted by Gasteiger charge is 2.08. The van der Waals surface area contributed by atoms with Gasteiger partial charge in [0.05, 0.1) is 20.0 Å². The SMILES string of the molecule is CCOC(=O)CN(C=O)CCC/C=C/OC. The second kappa shape index (κ2) is 10.0. The summed E-state index contributed by atoms with van der Waals surface area (Å²) >= 11 is 0. The predicted molar refractivity (Wildman–Crippen MR) is 59.7 cm³/mol. The number of allylic oxidation sites excluding steroid dienone is 1. The third-order valence-corrected chi connectivity index (χ3v) is 1.84. The number of unbranched alkanes of at least 4 members (excludes halogenated alkanes) is 1. The minimum absolute atomic E-state index is 0.0192. The molecule has 5 nitrogen and oxygen atoms in total. The maximum atomic E-state index is 11.1. The van der Waals surface area contributed by atoms with Crippen LogP contribution in [0.3, 0.4) is 0 Å². The summed E-state index contributed by atoms with van der Waals surface area (Å²) in [5, 5.41) is 0. The molecule has 16 heavy (non-hydrogen) atoms. The Kier molecular flexibility index (Phi) is 9.06. The molecule has 0 saturated heterocycles. The van der Waals surface area contributed by atoms with Crippen molar-refractivity contribution in [3.05, 3.63) is 12.3 Å². The Labute approximate surface area is 96.0 Å². The lowest BCUT2D eigenvalue weighted by atomic mass is 10.3. The highest BCUT2D eigenvalue weighted by Crippen LogP contribution is 1.95. The van der Waals surface area contributed by atoms with E-state index < -0.39 is 0 Å². The number of esters is 1. The molecular formula is C11H19NO4. The molecule has 0 atom stereocenters. The van der Waals surface area contributed by atoms with Gasteiger partial charge in [-0.1, -0.05) is 0 Å². The Morgan fingerprint density at radius 2 is 2.19 bits per heavy atom. The van der Waals surface area contributed by atoms with Gasteiger partial charge in [0, 0.05) is 6.54 Å². The molecule has 0 aliphatic carbocycles. The first kappa shape index (κ1) is 14.5. The van der Waals surface area contributed by atoms with Crippen molar-refractivity contribution in [1.82, 2.24) is 4.90 Å². The zero-order valence-corrected chi connectivity index (χ0v) is 9.85. The number of rotatable bonds is 9. The minimum Gasteiger partial charge on any atom is -0.505 e. The molecular weight excluding hydrogens is 210 g/mol. The van der Waals surface area contributed by atoms with Gasteiger partial charge >= 0.3 is 5.97 Å². The lowest BCUT2D eigenvalue weighted by Crippen LogP contribution is -2.30. The van der Waals surface area contributed by atoms with Crippen molar-refractivity contribution in [2.75, 3.05) is 26.8 Å². The lowest BCUT2D eigenvalue weighted by molar-refractivity contribution is -0.146. The van der Waals surface area contributed by atoms with Crippen molar-refractivity contribution in [3.63, 3.8) is 0 Å². The lowest BCUT2D eigenvalue weighted by Gasteiger charge is -2.15. The van der Waals surface area contributed by atoms with Gasteiger partial charge in [-0.3, -0.25) is 9.59 Å². The second-order valence-corrected chi connectivity index (χ2v) is 3.13. The first-order valence-corrected chi connectivity index (χ1v) is 5.27. The van der Waals surface area contributed by atoms with E-state index in [1.165, 1.54) is 4.90 Å². The van der Waals surface area contributed by atoms with Gasteiger partial charge in [0.1, 0.15) is 6.54 Å². The molecule has 5 heteroatoms. The quantitative estimate of drug-likeness (QED) is 0.256. The van der Waals surface area contributed by atoms with Crippen molar-refractivity contribution in [2.24, 2.45) is 0 Å². The molecule has 0 spiro atoms. The van der Waals surface area contributed by atoms with Crippen molar-refractivity contribution < 1.29 is 19.1 Å². The number of nitrogens with zero attached hydrogens (tertiary/aromatic N) is 1. The summed E-state index contributed by atoms with van der Waals surface area (Å²) in [6, 6.07) is 0. The summed E-state index contributed by atoms with van der Waals surface area (Å²) in [5.41, 5.74) is 0. The highest BCUT2D eigenvalue weighted by atomic mass is 16.5. The summed E-state index contributed by atoms with van der Waals surface area (Å²) in [5.74, 6) is -0.373. The molecule has 0 bridgehead atoms. The molecule has 0 aliphatic rings. The van der Waals surface area contributed by atoms with Crippen LogP contribution in [0.1, 0.15) is 19.8 Å². The number of carbonyl (C=O) groups excluding carboxylic acids is 2. The number of hydrogen-bond acceptors (Lipinski definition) is 4. The van der Waals surface area contributed by atoms with Crippen molar-refractivity contribution in [2.45, 2.75) is 19.8 Å². The molecule has 1 amide bonds. The number of carbonyl (C=O) groups is 2. The van der Waals surface area contributed by atoms with Crippen LogP contribution < -0.4 is 0 Å². The van der Waals surface area contributed by atoms with Gasteiger partial charge in [-0.2, -0.15) is 0 Å². The second-order valence-electron chi connectivity index (χ2n) is 3.13. The van der Waals surface area contributed by atoms with E-state index in [-0.39, 0.29) is 12.5 Å². The molecule has 0 heterocycles. The van der Waals surface area contributed by atoms with Crippen LogP contribution in [0.4, 0.5) is 0 Å². The summed E-state index contributed by atoms with van der Waals surface area (Å²) in [4.78, 5) is 23.1. The van der Waals surface area contributed by atoms with Gasteiger partial charge in [0.15, 0.2) is 0 Å². The third kappa shape index (κ3) is 7.84. The van der Waals surface area contributed by atoms with E-state index in [2.05, 4.69) is 0 Å². The van der Waals surface area contributed by atoms with Gasteiger partial charge in [-0.05, 0) is 25.8 Å². The number of methoxy groups -OCH3 is 1. The van der Waals surface area contributed by atoms with E-state index in [9.17, 15) is 9.59 Å². The molecule has 0 radical (unpaired) electrons. The third-order valence-electron chi connectivity index (χ3n) is 1.84. The van der Waals surface area contributed by atoms with Crippen LogP contribution in [-0.2, 0) is 19.1 Å². The van der Waals surface area contributed by atoms with E-state index in [4.69, 9.17) is 9.47 Å². The van der Waals surface area contributed by atoms with Crippen LogP contribution in [0, 0.1) is 0 Å². The maximum Gasteiger partial charge on any atom is 0.325 e. The molecule has 0 aromatic rings. The fourth-order valence-corrected chi connectivity index (χ4v) is 1.12. The van der Waals surface area contributed by atoms with Gasteiger partial charge < -0.3 is 14.4 Å². The van der Waals surface area contributed by atoms with Gasteiger partial charge in [0.25, 0.3) is 0 Å². The minimum atomic E-state index is -0.373. The maximum absolute atomic E-state index is 11.1. The Bertz CT molecular complexity index is 228. The van der Waals surface area contributed by atoms with Crippen molar-refractivity contribution in [3.8, 4) is 0 Å². The normalized spacial score (nSPS) is 10.1. The summed E-state index contributed by atoms with van der Waals surface area (Å²) in [6.07, 6.45) is 5.72. The average molecular weight is 229 g/mol. The van der Waals surface area contributed by atoms with Gasteiger partial charge in [0.2, 0.25) is 6.41 Å². The molecule has 0 saturated carbocycles. The molecule has 0 aliphatic heterocycles. The highest BCUT2D eigenvalue weighted by molar-refractivity contribution is 5.74. The summed E-state index contributed by atoms with van der Waals surface area (Å²) < 4.78 is 9.48. The van der Waals surface area contributed by atoms with Gasteiger partial charge in [-0.25, -0.2) is 0 Å². The van der Waals surface area contributed by atoms with E-state index >= 15 is 0 Å². The largest absolute Gasteiger partial charge is 0.505 e. The van der Waals surface area contributed by atoms with Crippen LogP contribution in [0.15, 0.2) is 12.3 Å². The number of amides is 1. The number of ether oxygens (including phenoxy) is 2. The van der Waals surface area contributed by atoms with Crippen LogP contribution in [0.2, 0.25) is 0 Å². The topological polar surface area (TPSA) is 55.8 Å². The predicted octanol–water partition coefficient (Wildman–Crippen LogP) is 0.948. The fraction of sp³-hybridized carbons (Fsp3) is 0.636. The van der Waals surface area contributed by atoms with Crippen LogP contribution in [0.25, 0.3) is 0 Å². The first-order chi connectivity index (χ1) is 7.74. The Balaban J connectivity index is 3.70. The standard InChI is InChI=1S/C11H19NO4/c1-3-16-11(14)9-12(10-13)7-5-4-6-8-15-2/h6,8,10H,3-5,7,9H2,1-2H3/b8-6+.